The molecule has 2 fully saturated rings. The second-order valence-electron chi connectivity index (χ2n) is 8.77. The van der Waals surface area contributed by atoms with Crippen LogP contribution in [-0.2, 0) is 6.54 Å². The van der Waals surface area contributed by atoms with Crippen LogP contribution in [0.3, 0.4) is 0 Å². The lowest BCUT2D eigenvalue weighted by Crippen LogP contribution is -2.44. The number of nitrogens with one attached hydrogen (secondary N) is 2. The molecule has 0 aromatic carbocycles. The van der Waals surface area contributed by atoms with Crippen LogP contribution in [0.2, 0.25) is 0 Å². The lowest BCUT2D eigenvalue weighted by atomic mass is 9.93. The lowest BCUT2D eigenvalue weighted by Gasteiger charge is -2.32. The highest BCUT2D eigenvalue weighted by molar-refractivity contribution is 7.21. The highest BCUT2D eigenvalue weighted by Crippen LogP contribution is 2.27. The zero-order chi connectivity index (χ0) is 21.9. The van der Waals surface area contributed by atoms with Crippen molar-refractivity contribution in [1.82, 2.24) is 29.7 Å². The Balaban J connectivity index is 1.36. The summed E-state index contributed by atoms with van der Waals surface area (Å²) in [5.74, 6) is 1.38. The SMILES string of the molecule is CN1CCN(Cc2cc(Nc3nc4cccnc4s3)nc(N[C@H]3CC[C@H](O)CC3)n2)CC1. The van der Waals surface area contributed by atoms with Crippen LogP contribution in [0.5, 0.6) is 0 Å². The Hall–Kier alpha value is -2.40. The number of fused-ring (bicyclic) bond motifs is 1. The normalized spacial score (nSPS) is 22.8. The topological polar surface area (TPSA) is 102 Å². The maximum absolute atomic E-state index is 9.82. The van der Waals surface area contributed by atoms with Crippen LogP contribution in [0, 0.1) is 0 Å². The molecule has 2 aliphatic rings. The van der Waals surface area contributed by atoms with Gasteiger partial charge in [-0.05, 0) is 44.9 Å². The first-order valence-corrected chi connectivity index (χ1v) is 12.1. The number of thiazole rings is 1. The van der Waals surface area contributed by atoms with Crippen LogP contribution in [0.15, 0.2) is 24.4 Å². The zero-order valence-electron chi connectivity index (χ0n) is 18.4. The summed E-state index contributed by atoms with van der Waals surface area (Å²) in [6.45, 7) is 5.02. The number of aliphatic hydroxyl groups excluding tert-OH is 1. The van der Waals surface area contributed by atoms with E-state index in [4.69, 9.17) is 9.97 Å². The molecule has 10 heteroatoms. The third-order valence-electron chi connectivity index (χ3n) is 6.19. The van der Waals surface area contributed by atoms with Gasteiger partial charge in [0, 0.05) is 51.0 Å². The molecule has 1 aliphatic heterocycles. The number of piperazine rings is 1. The molecule has 4 heterocycles. The van der Waals surface area contributed by atoms with E-state index < -0.39 is 0 Å². The van der Waals surface area contributed by atoms with Crippen LogP contribution in [0.25, 0.3) is 10.3 Å². The Morgan fingerprint density at radius 2 is 1.91 bits per heavy atom. The van der Waals surface area contributed by atoms with Crippen molar-refractivity contribution in [3.63, 3.8) is 0 Å². The molecule has 0 spiro atoms. The molecule has 32 heavy (non-hydrogen) atoms. The van der Waals surface area contributed by atoms with Gasteiger partial charge in [0.05, 0.1) is 11.8 Å². The molecule has 0 unspecified atom stereocenters. The van der Waals surface area contributed by atoms with Crippen LogP contribution in [-0.4, -0.2) is 80.2 Å². The molecule has 1 aliphatic carbocycles. The summed E-state index contributed by atoms with van der Waals surface area (Å²) in [4.78, 5) is 24.3. The predicted molar refractivity (Wildman–Crippen MR) is 127 cm³/mol. The smallest absolute Gasteiger partial charge is 0.225 e. The van der Waals surface area contributed by atoms with Gasteiger partial charge in [0.25, 0.3) is 0 Å². The van der Waals surface area contributed by atoms with Crippen molar-refractivity contribution in [3.8, 4) is 0 Å². The fourth-order valence-electron chi connectivity index (χ4n) is 4.28. The molecule has 1 saturated heterocycles. The molecular formula is C22H30N8OS. The molecule has 9 nitrogen and oxygen atoms in total. The average Bonchev–Trinajstić information content (AvgIpc) is 3.19. The van der Waals surface area contributed by atoms with Gasteiger partial charge in [-0.3, -0.25) is 4.90 Å². The largest absolute Gasteiger partial charge is 0.393 e. The molecule has 1 saturated carbocycles. The Kier molecular flexibility index (Phi) is 6.44. The maximum Gasteiger partial charge on any atom is 0.225 e. The summed E-state index contributed by atoms with van der Waals surface area (Å²) >= 11 is 1.52. The fourth-order valence-corrected chi connectivity index (χ4v) is 5.09. The number of rotatable bonds is 6. The number of hydrogen-bond donors (Lipinski definition) is 3. The number of hydrogen-bond acceptors (Lipinski definition) is 10. The molecule has 3 aromatic heterocycles. The molecule has 0 bridgehead atoms. The third-order valence-corrected chi connectivity index (χ3v) is 7.09. The van der Waals surface area contributed by atoms with Crippen molar-refractivity contribution in [2.75, 3.05) is 43.9 Å². The highest BCUT2D eigenvalue weighted by atomic mass is 32.1. The molecular weight excluding hydrogens is 424 g/mol. The molecule has 0 atom stereocenters. The van der Waals surface area contributed by atoms with E-state index in [0.29, 0.717) is 5.95 Å². The minimum Gasteiger partial charge on any atom is -0.393 e. The summed E-state index contributed by atoms with van der Waals surface area (Å²) in [7, 11) is 2.17. The minimum absolute atomic E-state index is 0.178. The van der Waals surface area contributed by atoms with Crippen molar-refractivity contribution in [3.05, 3.63) is 30.1 Å². The summed E-state index contributed by atoms with van der Waals surface area (Å²) in [5, 5.41) is 17.5. The maximum atomic E-state index is 9.82. The Bertz CT molecular complexity index is 968. The van der Waals surface area contributed by atoms with Gasteiger partial charge >= 0.3 is 0 Å². The van der Waals surface area contributed by atoms with Crippen LogP contribution in [0.4, 0.5) is 16.9 Å². The van der Waals surface area contributed by atoms with E-state index in [-0.39, 0.29) is 12.1 Å². The van der Waals surface area contributed by atoms with E-state index in [0.717, 1.165) is 85.4 Å². The van der Waals surface area contributed by atoms with Crippen molar-refractivity contribution in [2.45, 2.75) is 44.4 Å². The zero-order valence-corrected chi connectivity index (χ0v) is 19.2. The fraction of sp³-hybridized carbons (Fsp3) is 0.545. The predicted octanol–water partition coefficient (Wildman–Crippen LogP) is 2.69. The number of pyridine rings is 1. The Morgan fingerprint density at radius 3 is 2.69 bits per heavy atom. The van der Waals surface area contributed by atoms with E-state index in [1.165, 1.54) is 11.3 Å². The molecule has 3 N–H and O–H groups in total. The second-order valence-corrected chi connectivity index (χ2v) is 9.75. The van der Waals surface area contributed by atoms with Crippen molar-refractivity contribution in [2.24, 2.45) is 0 Å². The van der Waals surface area contributed by atoms with Gasteiger partial charge in [0.15, 0.2) is 5.13 Å². The minimum atomic E-state index is -0.178. The number of anilines is 3. The van der Waals surface area contributed by atoms with E-state index in [9.17, 15) is 5.11 Å². The molecule has 3 aromatic rings. The number of aliphatic hydroxyl groups is 1. The quantitative estimate of drug-likeness (QED) is 0.519. The van der Waals surface area contributed by atoms with Crippen LogP contribution in [0.1, 0.15) is 31.4 Å². The van der Waals surface area contributed by atoms with Crippen LogP contribution < -0.4 is 10.6 Å². The number of likely N-dealkylation sites (N-methyl/N-ethyl adjacent to an activating group) is 1. The van der Waals surface area contributed by atoms with Crippen LogP contribution >= 0.6 is 11.3 Å². The van der Waals surface area contributed by atoms with Gasteiger partial charge in [-0.25, -0.2) is 15.0 Å². The molecule has 0 radical (unpaired) electrons. The lowest BCUT2D eigenvalue weighted by molar-refractivity contribution is 0.126. The average molecular weight is 455 g/mol. The highest BCUT2D eigenvalue weighted by Gasteiger charge is 2.21. The summed E-state index contributed by atoms with van der Waals surface area (Å²) in [6.07, 6.45) is 5.11. The second kappa shape index (κ2) is 9.62. The van der Waals surface area contributed by atoms with Gasteiger partial charge < -0.3 is 20.6 Å². The van der Waals surface area contributed by atoms with E-state index in [2.05, 4.69) is 37.4 Å². The molecule has 170 valence electrons. The monoisotopic (exact) mass is 454 g/mol. The number of nitrogens with zero attached hydrogens (tertiary/aromatic N) is 6. The summed E-state index contributed by atoms with van der Waals surface area (Å²) < 4.78 is 0. The summed E-state index contributed by atoms with van der Waals surface area (Å²) in [5.41, 5.74) is 1.87. The van der Waals surface area contributed by atoms with E-state index in [1.807, 2.05) is 18.2 Å². The van der Waals surface area contributed by atoms with Crippen molar-refractivity contribution < 1.29 is 5.11 Å². The standard InChI is InChI=1S/C22H30N8OS/c1-29-9-11-30(12-10-29)14-16-13-19(28-22-26-18-3-2-8-23-20(18)32-22)27-21(25-16)24-15-4-6-17(31)7-5-15/h2-3,8,13,15,17,31H,4-7,9-12,14H2,1H3,(H2,24,25,26,27,28)/t15-,17-. The van der Waals surface area contributed by atoms with Crippen molar-refractivity contribution in [1.29, 1.82) is 0 Å². The first-order valence-electron chi connectivity index (χ1n) is 11.3. The molecule has 5 rings (SSSR count). The Morgan fingerprint density at radius 1 is 1.09 bits per heavy atom. The molecule has 0 amide bonds. The van der Waals surface area contributed by atoms with Crippen molar-refractivity contribution >= 4 is 38.6 Å². The van der Waals surface area contributed by atoms with Gasteiger partial charge in [-0.15, -0.1) is 0 Å². The number of aromatic nitrogens is 4. The Labute approximate surface area is 191 Å². The van der Waals surface area contributed by atoms with E-state index >= 15 is 0 Å². The van der Waals surface area contributed by atoms with Gasteiger partial charge in [-0.1, -0.05) is 11.3 Å². The van der Waals surface area contributed by atoms with E-state index in [1.54, 1.807) is 6.20 Å². The summed E-state index contributed by atoms with van der Waals surface area (Å²) in [6, 6.07) is 6.17. The van der Waals surface area contributed by atoms with Gasteiger partial charge in [0.1, 0.15) is 16.2 Å². The van der Waals surface area contributed by atoms with Gasteiger partial charge in [0.2, 0.25) is 5.95 Å². The first-order chi connectivity index (χ1) is 15.6. The third kappa shape index (κ3) is 5.32. The van der Waals surface area contributed by atoms with Gasteiger partial charge in [-0.2, -0.15) is 4.98 Å². The first kappa shape index (κ1) is 21.4.